The molecule has 0 aliphatic heterocycles. The number of aromatic carboxylic acids is 1. The zero-order valence-corrected chi connectivity index (χ0v) is 17.2. The molecule has 170 valence electrons. The van der Waals surface area contributed by atoms with Gasteiger partial charge in [0.05, 0.1) is 22.0 Å². The molecule has 0 saturated carbocycles. The molecular formula is C19H15N5O8S. The zero-order chi connectivity index (χ0) is 24.2. The van der Waals surface area contributed by atoms with Crippen molar-refractivity contribution in [1.82, 2.24) is 0 Å². The van der Waals surface area contributed by atoms with Crippen LogP contribution in [0.15, 0.2) is 86.0 Å². The van der Waals surface area contributed by atoms with Crippen molar-refractivity contribution in [2.24, 2.45) is 20.5 Å². The molecule has 0 aliphatic rings. The fourth-order valence-electron chi connectivity index (χ4n) is 2.48. The Morgan fingerprint density at radius 1 is 0.848 bits per heavy atom. The maximum atomic E-state index is 11.5. The maximum Gasteiger partial charge on any atom is 0.339 e. The monoisotopic (exact) mass is 473 g/mol. The first-order chi connectivity index (χ1) is 15.5. The molecule has 1 atom stereocenters. The topological polar surface area (TPSA) is 209 Å². The lowest BCUT2D eigenvalue weighted by Crippen LogP contribution is -2.99. The molecule has 0 spiro atoms. The van der Waals surface area contributed by atoms with Crippen LogP contribution in [0.4, 0.5) is 28.4 Å². The number of carboxylic acids is 1. The average Bonchev–Trinajstić information content (AvgIpc) is 2.77. The number of nitrogens with one attached hydrogen (secondary N) is 1. The lowest BCUT2D eigenvalue weighted by molar-refractivity contribution is -0.991. The summed E-state index contributed by atoms with van der Waals surface area (Å²) in [5, 5.41) is 53.6. The molecular weight excluding hydrogens is 458 g/mol. The van der Waals surface area contributed by atoms with Crippen LogP contribution in [-0.2, 0) is 10.1 Å². The molecule has 0 heterocycles. The number of nitrogens with zero attached hydrogens (tertiary/aromatic N) is 4. The van der Waals surface area contributed by atoms with E-state index in [-0.39, 0.29) is 33.3 Å². The number of aromatic hydroxyl groups is 1. The van der Waals surface area contributed by atoms with Gasteiger partial charge in [-0.05, 0) is 48.5 Å². The van der Waals surface area contributed by atoms with Crippen molar-refractivity contribution in [3.63, 3.8) is 0 Å². The molecule has 0 aliphatic carbocycles. The van der Waals surface area contributed by atoms with Gasteiger partial charge in [-0.15, -0.1) is 5.11 Å². The minimum atomic E-state index is -4.37. The number of carboxylic acid groups (broad SMARTS) is 1. The highest BCUT2D eigenvalue weighted by molar-refractivity contribution is 7.85. The summed E-state index contributed by atoms with van der Waals surface area (Å²) in [6.07, 6.45) is 0. The van der Waals surface area contributed by atoms with Crippen molar-refractivity contribution in [3.05, 3.63) is 71.4 Å². The zero-order valence-electron chi connectivity index (χ0n) is 16.4. The van der Waals surface area contributed by atoms with Gasteiger partial charge in [0.2, 0.25) is 0 Å². The number of hydrogen-bond acceptors (Lipinski definition) is 10. The lowest BCUT2D eigenvalue weighted by atomic mass is 10.1. The Balaban J connectivity index is 1.91. The summed E-state index contributed by atoms with van der Waals surface area (Å²) >= 11 is 0. The van der Waals surface area contributed by atoms with E-state index in [4.69, 9.17) is 9.76 Å². The predicted octanol–water partition coefficient (Wildman–Crippen LogP) is 3.57. The van der Waals surface area contributed by atoms with Crippen LogP contribution < -0.4 is 5.23 Å². The van der Waals surface area contributed by atoms with E-state index in [0.717, 1.165) is 18.2 Å². The second-order valence-electron chi connectivity index (χ2n) is 6.39. The Morgan fingerprint density at radius 3 is 1.88 bits per heavy atom. The fourth-order valence-corrected chi connectivity index (χ4v) is 2.96. The highest BCUT2D eigenvalue weighted by atomic mass is 32.2. The molecule has 1 unspecified atom stereocenters. The molecule has 0 fully saturated rings. The Morgan fingerprint density at radius 2 is 1.36 bits per heavy atom. The number of quaternary nitrogens is 1. The molecule has 0 saturated heterocycles. The van der Waals surface area contributed by atoms with Gasteiger partial charge in [0.15, 0.2) is 11.4 Å². The molecule has 3 aromatic rings. The molecule has 0 bridgehead atoms. The second kappa shape index (κ2) is 9.60. The Kier molecular flexibility index (Phi) is 6.86. The first kappa shape index (κ1) is 23.6. The molecule has 3 rings (SSSR count). The molecule has 13 nitrogen and oxygen atoms in total. The Hall–Kier alpha value is -4.08. The van der Waals surface area contributed by atoms with E-state index in [2.05, 4.69) is 20.5 Å². The van der Waals surface area contributed by atoms with E-state index in [1.807, 2.05) is 0 Å². The summed E-state index contributed by atoms with van der Waals surface area (Å²) < 4.78 is 31.2. The third-order valence-corrected chi connectivity index (χ3v) is 4.98. The average molecular weight is 473 g/mol. The van der Waals surface area contributed by atoms with Gasteiger partial charge in [0, 0.05) is 12.1 Å². The highest BCUT2D eigenvalue weighted by Gasteiger charge is 2.16. The largest absolute Gasteiger partial charge is 0.595 e. The normalized spacial score (nSPS) is 12.9. The summed E-state index contributed by atoms with van der Waals surface area (Å²) in [6.45, 7) is 0. The van der Waals surface area contributed by atoms with Gasteiger partial charge in [-0.3, -0.25) is 4.55 Å². The number of rotatable bonds is 7. The van der Waals surface area contributed by atoms with Crippen LogP contribution in [0, 0.1) is 5.21 Å². The quantitative estimate of drug-likeness (QED) is 0.194. The van der Waals surface area contributed by atoms with Gasteiger partial charge in [-0.1, -0.05) is 0 Å². The third kappa shape index (κ3) is 6.00. The predicted molar refractivity (Wildman–Crippen MR) is 112 cm³/mol. The first-order valence-electron chi connectivity index (χ1n) is 8.89. The Labute approximate surface area is 185 Å². The van der Waals surface area contributed by atoms with Crippen LogP contribution in [0.25, 0.3) is 0 Å². The van der Waals surface area contributed by atoms with Crippen molar-refractivity contribution >= 4 is 44.5 Å². The van der Waals surface area contributed by atoms with Gasteiger partial charge >= 0.3 is 5.97 Å². The summed E-state index contributed by atoms with van der Waals surface area (Å²) in [5.74, 6) is -2.12. The number of carbonyl (C=O) groups is 1. The van der Waals surface area contributed by atoms with E-state index in [0.29, 0.717) is 0 Å². The van der Waals surface area contributed by atoms with Gasteiger partial charge in [0.1, 0.15) is 11.3 Å². The minimum absolute atomic E-state index is 0.000712. The molecule has 14 heteroatoms. The van der Waals surface area contributed by atoms with Crippen molar-refractivity contribution in [3.8, 4) is 5.75 Å². The molecule has 0 radical (unpaired) electrons. The number of hydrogen-bond donors (Lipinski definition) is 5. The van der Waals surface area contributed by atoms with Crippen LogP contribution in [0.3, 0.4) is 0 Å². The van der Waals surface area contributed by atoms with Crippen molar-refractivity contribution in [2.75, 3.05) is 0 Å². The third-order valence-electron chi connectivity index (χ3n) is 4.11. The Bertz CT molecular complexity index is 1340. The molecule has 3 aromatic carbocycles. The summed E-state index contributed by atoms with van der Waals surface area (Å²) in [5.41, 5.74) is -0.247. The highest BCUT2D eigenvalue weighted by Crippen LogP contribution is 2.37. The second-order valence-corrected chi connectivity index (χ2v) is 7.81. The van der Waals surface area contributed by atoms with Crippen molar-refractivity contribution in [2.45, 2.75) is 4.90 Å². The molecule has 5 N–H and O–H groups in total. The summed E-state index contributed by atoms with van der Waals surface area (Å²) in [4.78, 5) is 11.1. The van der Waals surface area contributed by atoms with Crippen LogP contribution in [0.2, 0.25) is 0 Å². The van der Waals surface area contributed by atoms with E-state index in [9.17, 15) is 28.6 Å². The van der Waals surface area contributed by atoms with E-state index < -0.39 is 32.6 Å². The van der Waals surface area contributed by atoms with Gasteiger partial charge in [-0.2, -0.15) is 29.0 Å². The number of azo groups is 2. The summed E-state index contributed by atoms with van der Waals surface area (Å²) in [6, 6.07) is 12.4. The number of phenols is 1. The van der Waals surface area contributed by atoms with Gasteiger partial charge in [0.25, 0.3) is 10.1 Å². The first-order valence-corrected chi connectivity index (χ1v) is 10.3. The minimum Gasteiger partial charge on any atom is -0.595 e. The molecule has 0 amide bonds. The fraction of sp³-hybridized carbons (Fsp3) is 0. The standard InChI is InChI=1S/C19H15N5O8S/c25-18-16(19(26)27)9-13(22-20-12-3-7-15(8-4-12)33(30,31)32)10-17(18)23-21-11-1-5-14(6-2-11)24(28)29/h1-10,24-25,28H,(H,26,27)(H,30,31,32). The van der Waals surface area contributed by atoms with Crippen LogP contribution in [0.5, 0.6) is 5.75 Å². The van der Waals surface area contributed by atoms with Crippen LogP contribution >= 0.6 is 0 Å². The van der Waals surface area contributed by atoms with E-state index >= 15 is 0 Å². The SMILES string of the molecule is O=C(O)c1cc(N=Nc2ccc(S(=O)(=O)O)cc2)cc(N=Nc2ccc([NH+]([O-])O)cc2)c1O. The molecule has 0 aromatic heterocycles. The van der Waals surface area contributed by atoms with Gasteiger partial charge < -0.3 is 15.4 Å². The lowest BCUT2D eigenvalue weighted by Gasteiger charge is -2.10. The van der Waals surface area contributed by atoms with Gasteiger partial charge in [-0.25, -0.2) is 10.0 Å². The van der Waals surface area contributed by atoms with E-state index in [1.54, 1.807) is 0 Å². The van der Waals surface area contributed by atoms with E-state index in [1.165, 1.54) is 42.5 Å². The van der Waals surface area contributed by atoms with Crippen LogP contribution in [-0.4, -0.2) is 34.4 Å². The van der Waals surface area contributed by atoms with Crippen molar-refractivity contribution in [1.29, 1.82) is 0 Å². The van der Waals surface area contributed by atoms with Crippen LogP contribution in [0.1, 0.15) is 10.4 Å². The smallest absolute Gasteiger partial charge is 0.339 e. The molecule has 33 heavy (non-hydrogen) atoms. The number of benzene rings is 3. The maximum absolute atomic E-state index is 11.5. The summed E-state index contributed by atoms with van der Waals surface area (Å²) in [7, 11) is -4.37. The van der Waals surface area contributed by atoms with Crippen molar-refractivity contribution < 1.29 is 38.4 Å².